The molecule has 0 aliphatic carbocycles. The quantitative estimate of drug-likeness (QED) is 0.378. The van der Waals surface area contributed by atoms with Crippen LogP contribution >= 0.6 is 0 Å². The van der Waals surface area contributed by atoms with Crippen molar-refractivity contribution in [2.24, 2.45) is 0 Å². The Labute approximate surface area is 92.8 Å². The Bertz CT molecular complexity index is 283. The molecule has 16 heavy (non-hydrogen) atoms. The van der Waals surface area contributed by atoms with Gasteiger partial charge in [-0.1, -0.05) is 13.5 Å². The standard InChI is InChI=1S/C10H14O6/c1-3-7(11)8(4-2)15-16-10(14)6-5-9(12)13/h3,8H,1,4-6H2,2H3,(H,12,13). The van der Waals surface area contributed by atoms with Crippen LogP contribution in [0.4, 0.5) is 0 Å². The Morgan fingerprint density at radius 3 is 2.44 bits per heavy atom. The monoisotopic (exact) mass is 230 g/mol. The maximum absolute atomic E-state index is 11.1. The summed E-state index contributed by atoms with van der Waals surface area (Å²) in [7, 11) is 0. The fourth-order valence-corrected chi connectivity index (χ4v) is 0.810. The molecule has 1 N–H and O–H groups in total. The lowest BCUT2D eigenvalue weighted by Gasteiger charge is -2.10. The summed E-state index contributed by atoms with van der Waals surface area (Å²) < 4.78 is 0. The van der Waals surface area contributed by atoms with E-state index in [-0.39, 0.29) is 12.8 Å². The van der Waals surface area contributed by atoms with Gasteiger partial charge in [-0.3, -0.25) is 14.5 Å². The van der Waals surface area contributed by atoms with Crippen LogP contribution in [0, 0.1) is 0 Å². The van der Waals surface area contributed by atoms with Crippen LogP contribution in [0.25, 0.3) is 0 Å². The van der Waals surface area contributed by atoms with Gasteiger partial charge in [-0.15, -0.1) is 0 Å². The molecule has 0 aromatic carbocycles. The number of carboxylic acids is 1. The molecule has 1 atom stereocenters. The van der Waals surface area contributed by atoms with E-state index < -0.39 is 23.8 Å². The highest BCUT2D eigenvalue weighted by atomic mass is 17.2. The second-order valence-corrected chi connectivity index (χ2v) is 2.95. The summed E-state index contributed by atoms with van der Waals surface area (Å²) in [5.74, 6) is -2.32. The van der Waals surface area contributed by atoms with E-state index in [2.05, 4.69) is 16.4 Å². The van der Waals surface area contributed by atoms with Gasteiger partial charge in [0, 0.05) is 0 Å². The Balaban J connectivity index is 3.92. The molecular formula is C10H14O6. The van der Waals surface area contributed by atoms with Crippen molar-refractivity contribution in [2.45, 2.75) is 32.3 Å². The number of hydrogen-bond donors (Lipinski definition) is 1. The Morgan fingerprint density at radius 1 is 1.38 bits per heavy atom. The van der Waals surface area contributed by atoms with Gasteiger partial charge in [-0.25, -0.2) is 4.79 Å². The molecule has 1 unspecified atom stereocenters. The molecule has 0 radical (unpaired) electrons. The number of carboxylic acid groups (broad SMARTS) is 1. The molecule has 90 valence electrons. The van der Waals surface area contributed by atoms with E-state index in [0.29, 0.717) is 6.42 Å². The first-order valence-corrected chi connectivity index (χ1v) is 4.75. The molecule has 0 heterocycles. The van der Waals surface area contributed by atoms with Gasteiger partial charge in [0.25, 0.3) is 0 Å². The third-order valence-corrected chi connectivity index (χ3v) is 1.69. The van der Waals surface area contributed by atoms with E-state index in [4.69, 9.17) is 5.11 Å². The number of aliphatic carboxylic acids is 1. The summed E-state index contributed by atoms with van der Waals surface area (Å²) in [5, 5.41) is 8.30. The van der Waals surface area contributed by atoms with Crippen molar-refractivity contribution < 1.29 is 29.3 Å². The molecule has 0 spiro atoms. The van der Waals surface area contributed by atoms with Crippen molar-refractivity contribution in [2.75, 3.05) is 0 Å². The molecule has 0 saturated heterocycles. The van der Waals surface area contributed by atoms with Gasteiger partial charge >= 0.3 is 11.9 Å². The summed E-state index contributed by atoms with van der Waals surface area (Å²) in [6.07, 6.45) is -0.120. The molecule has 0 aliphatic heterocycles. The first-order chi connectivity index (χ1) is 7.51. The van der Waals surface area contributed by atoms with Crippen molar-refractivity contribution in [1.82, 2.24) is 0 Å². The molecule has 0 rings (SSSR count). The van der Waals surface area contributed by atoms with Gasteiger partial charge < -0.3 is 5.11 Å². The van der Waals surface area contributed by atoms with E-state index in [1.807, 2.05) is 0 Å². The topological polar surface area (TPSA) is 89.9 Å². The molecule has 0 aliphatic rings. The molecule has 0 bridgehead atoms. The Hall–Kier alpha value is -1.69. The van der Waals surface area contributed by atoms with Gasteiger partial charge in [0.2, 0.25) is 0 Å². The highest BCUT2D eigenvalue weighted by Gasteiger charge is 2.17. The van der Waals surface area contributed by atoms with E-state index >= 15 is 0 Å². The van der Waals surface area contributed by atoms with Crippen molar-refractivity contribution in [3.05, 3.63) is 12.7 Å². The van der Waals surface area contributed by atoms with Crippen molar-refractivity contribution >= 4 is 17.7 Å². The highest BCUT2D eigenvalue weighted by Crippen LogP contribution is 2.03. The van der Waals surface area contributed by atoms with Gasteiger partial charge in [-0.05, 0) is 12.5 Å². The van der Waals surface area contributed by atoms with Crippen LogP contribution in [-0.2, 0) is 24.2 Å². The van der Waals surface area contributed by atoms with Crippen LogP contribution in [0.2, 0.25) is 0 Å². The lowest BCUT2D eigenvalue weighted by molar-refractivity contribution is -0.291. The molecule has 0 fully saturated rings. The second kappa shape index (κ2) is 7.58. The fourth-order valence-electron chi connectivity index (χ4n) is 0.810. The Kier molecular flexibility index (Phi) is 6.78. The third-order valence-electron chi connectivity index (χ3n) is 1.69. The first-order valence-electron chi connectivity index (χ1n) is 4.75. The number of ketones is 1. The van der Waals surface area contributed by atoms with Gasteiger partial charge in [0.15, 0.2) is 11.9 Å². The number of hydrogen-bond acceptors (Lipinski definition) is 5. The minimum absolute atomic E-state index is 0.298. The lowest BCUT2D eigenvalue weighted by atomic mass is 10.2. The summed E-state index contributed by atoms with van der Waals surface area (Å²) in [5.41, 5.74) is 0. The maximum Gasteiger partial charge on any atom is 0.342 e. The van der Waals surface area contributed by atoms with Crippen molar-refractivity contribution in [1.29, 1.82) is 0 Å². The van der Waals surface area contributed by atoms with E-state index in [1.165, 1.54) is 0 Å². The van der Waals surface area contributed by atoms with E-state index in [9.17, 15) is 14.4 Å². The van der Waals surface area contributed by atoms with Crippen molar-refractivity contribution in [3.63, 3.8) is 0 Å². The number of carbonyl (C=O) groups is 3. The van der Waals surface area contributed by atoms with Crippen LogP contribution in [0.3, 0.4) is 0 Å². The maximum atomic E-state index is 11.1. The normalized spacial score (nSPS) is 11.6. The Morgan fingerprint density at radius 2 is 2.00 bits per heavy atom. The fraction of sp³-hybridized carbons (Fsp3) is 0.500. The van der Waals surface area contributed by atoms with Gasteiger partial charge in [-0.2, -0.15) is 4.89 Å². The molecule has 0 aromatic rings. The van der Waals surface area contributed by atoms with E-state index in [0.717, 1.165) is 6.08 Å². The average molecular weight is 230 g/mol. The molecule has 6 heteroatoms. The number of rotatable bonds is 8. The van der Waals surface area contributed by atoms with Crippen LogP contribution in [0.1, 0.15) is 26.2 Å². The van der Waals surface area contributed by atoms with Gasteiger partial charge in [0.05, 0.1) is 12.8 Å². The van der Waals surface area contributed by atoms with Crippen LogP contribution in [0.15, 0.2) is 12.7 Å². The second-order valence-electron chi connectivity index (χ2n) is 2.95. The molecule has 0 amide bonds. The predicted molar refractivity (Wildman–Crippen MR) is 53.3 cm³/mol. The zero-order valence-corrected chi connectivity index (χ0v) is 8.97. The molecule has 0 saturated carbocycles. The SMILES string of the molecule is C=CC(=O)C(CC)OOC(=O)CCC(=O)O. The molecular weight excluding hydrogens is 216 g/mol. The first kappa shape index (κ1) is 14.3. The summed E-state index contributed by atoms with van der Waals surface area (Å²) in [6.45, 7) is 4.95. The average Bonchev–Trinajstić information content (AvgIpc) is 2.26. The lowest BCUT2D eigenvalue weighted by Crippen LogP contribution is -2.23. The zero-order chi connectivity index (χ0) is 12.6. The smallest absolute Gasteiger partial charge is 0.342 e. The summed E-state index contributed by atoms with van der Waals surface area (Å²) >= 11 is 0. The summed E-state index contributed by atoms with van der Waals surface area (Å²) in [4.78, 5) is 41.0. The predicted octanol–water partition coefficient (Wildman–Crippen LogP) is 0.860. The summed E-state index contributed by atoms with van der Waals surface area (Å²) in [6, 6.07) is 0. The minimum atomic E-state index is -1.11. The highest BCUT2D eigenvalue weighted by molar-refractivity contribution is 5.92. The largest absolute Gasteiger partial charge is 0.481 e. The number of carbonyl (C=O) groups excluding carboxylic acids is 2. The van der Waals surface area contributed by atoms with E-state index in [1.54, 1.807) is 6.92 Å². The minimum Gasteiger partial charge on any atom is -0.481 e. The third kappa shape index (κ3) is 5.92. The zero-order valence-electron chi connectivity index (χ0n) is 8.97. The molecule has 0 aromatic heterocycles. The van der Waals surface area contributed by atoms with Crippen LogP contribution in [0.5, 0.6) is 0 Å². The van der Waals surface area contributed by atoms with Crippen LogP contribution in [-0.4, -0.2) is 28.9 Å². The van der Waals surface area contributed by atoms with Crippen molar-refractivity contribution in [3.8, 4) is 0 Å². The van der Waals surface area contributed by atoms with Gasteiger partial charge in [0.1, 0.15) is 0 Å². The molecule has 6 nitrogen and oxygen atoms in total. The van der Waals surface area contributed by atoms with Crippen LogP contribution < -0.4 is 0 Å².